The second-order valence-corrected chi connectivity index (χ2v) is 16.9. The molecule has 8 aromatic rings. The molecule has 9 heteroatoms. The molecule has 0 nitrogen and oxygen atoms in total. The highest BCUT2D eigenvalue weighted by molar-refractivity contribution is 6.72. The number of fused-ring (bicyclic) bond motifs is 6. The van der Waals surface area contributed by atoms with Crippen LogP contribution in [0.3, 0.4) is 0 Å². The first-order valence-electron chi connectivity index (χ1n) is 20.8. The summed E-state index contributed by atoms with van der Waals surface area (Å²) in [5, 5.41) is 8.36. The van der Waals surface area contributed by atoms with Crippen LogP contribution in [0.1, 0.15) is 24.0 Å². The van der Waals surface area contributed by atoms with Gasteiger partial charge in [-0.2, -0.15) is 0 Å². The van der Waals surface area contributed by atoms with Crippen LogP contribution in [-0.2, 0) is 0 Å². The molecule has 8 aromatic carbocycles. The lowest BCUT2D eigenvalue weighted by Gasteiger charge is -2.30. The third-order valence-corrected chi connectivity index (χ3v) is 14.1. The van der Waals surface area contributed by atoms with Gasteiger partial charge in [0.1, 0.15) is 62.8 Å². The van der Waals surface area contributed by atoms with Gasteiger partial charge in [-0.3, -0.25) is 0 Å². The Kier molecular flexibility index (Phi) is 8.60. The second kappa shape index (κ2) is 13.6. The van der Waals surface area contributed by atoms with E-state index in [1.165, 1.54) is 143 Å². The molecule has 0 atom stereocenters. The van der Waals surface area contributed by atoms with Crippen molar-refractivity contribution in [2.75, 3.05) is 0 Å². The first-order valence-corrected chi connectivity index (χ1v) is 20.8. The van der Waals surface area contributed by atoms with Crippen LogP contribution < -0.4 is 49.2 Å². The monoisotopic (exact) mass is 716 g/mol. The first kappa shape index (κ1) is 36.0. The molecule has 0 saturated heterocycles. The van der Waals surface area contributed by atoms with Crippen LogP contribution >= 0.6 is 0 Å². The molecule has 2 aliphatic rings. The molecule has 0 radical (unpaired) electrons. The molecule has 0 unspecified atom stereocenters. The molecule has 1 aliphatic heterocycles. The quantitative estimate of drug-likeness (QED) is 0.145. The standard InChI is InChI=1S/C48H41B9/c49-41-37-34(29-19-27(23-10-3-1-4-11-23)18-28(20-29)24-12-5-2-6-13-24)38-40(44(52)48(56)46(54)42(38)50)36(39(37)43(51)47(55)45(41)53)30-16-9-17-32-35(30)31-21-25-14-7-8-15-26(25)22-33(31)57-32/h1-8,10-15,17-22,57H,9,16,49-56H2. The van der Waals surface area contributed by atoms with Crippen LogP contribution in [0.25, 0.3) is 76.8 Å². The van der Waals surface area contributed by atoms with Crippen molar-refractivity contribution in [1.29, 1.82) is 0 Å². The van der Waals surface area contributed by atoms with Crippen molar-refractivity contribution in [3.63, 3.8) is 0 Å². The molecule has 0 saturated carbocycles. The molecule has 10 rings (SSSR count). The molecule has 0 N–H and O–H groups in total. The Labute approximate surface area is 345 Å². The molecule has 0 fully saturated rings. The zero-order valence-corrected chi connectivity index (χ0v) is 34.7. The lowest BCUT2D eigenvalue weighted by molar-refractivity contribution is 1.06. The van der Waals surface area contributed by atoms with E-state index in [1.54, 1.807) is 0 Å². The first-order chi connectivity index (χ1) is 27.6. The molecule has 1 heterocycles. The maximum atomic E-state index is 2.55. The van der Waals surface area contributed by atoms with Crippen molar-refractivity contribution in [3.8, 4) is 33.4 Å². The van der Waals surface area contributed by atoms with E-state index in [9.17, 15) is 0 Å². The maximum absolute atomic E-state index is 2.55. The van der Waals surface area contributed by atoms with E-state index < -0.39 is 0 Å². The van der Waals surface area contributed by atoms with Gasteiger partial charge >= 0.3 is 0 Å². The Morgan fingerprint density at radius 1 is 0.404 bits per heavy atom. The second-order valence-electron chi connectivity index (χ2n) is 16.9. The molecular formula is C48H41B9. The van der Waals surface area contributed by atoms with E-state index >= 15 is 0 Å². The summed E-state index contributed by atoms with van der Waals surface area (Å²) in [6, 6.07) is 43.1. The van der Waals surface area contributed by atoms with E-state index in [-0.39, 0.29) is 0 Å². The fourth-order valence-corrected chi connectivity index (χ4v) is 10.5. The lowest BCUT2D eigenvalue weighted by Crippen LogP contribution is -2.50. The van der Waals surface area contributed by atoms with Gasteiger partial charge in [-0.15, -0.1) is 21.9 Å². The minimum Gasteiger partial charge on any atom is -0.101 e. The minimum absolute atomic E-state index is 1.01. The lowest BCUT2D eigenvalue weighted by atomic mass is 9.58. The van der Waals surface area contributed by atoms with Crippen molar-refractivity contribution in [3.05, 3.63) is 138 Å². The van der Waals surface area contributed by atoms with E-state index in [2.05, 4.69) is 184 Å². The largest absolute Gasteiger partial charge is 0.193 e. The SMILES string of the molecule is Bc1c(B)c(B)c2c(-c3cc(-c4ccccc4)cc(-c4ccccc4)c3)c3c(B)c(B)c(B)c(B)c3c(C3=C4C(=CCC3)Bc3cc5ccccc5cc34)c2c1B. The van der Waals surface area contributed by atoms with Crippen molar-refractivity contribution in [2.45, 2.75) is 12.8 Å². The topological polar surface area (TPSA) is 0 Å². The summed E-state index contributed by atoms with van der Waals surface area (Å²) in [5.41, 5.74) is 27.7. The van der Waals surface area contributed by atoms with Gasteiger partial charge in [0.05, 0.1) is 0 Å². The molecule has 0 spiro atoms. The fraction of sp³-hybridized carbons (Fsp3) is 0.0417. The van der Waals surface area contributed by atoms with Crippen molar-refractivity contribution >= 4 is 163 Å². The summed E-state index contributed by atoms with van der Waals surface area (Å²) in [7, 11) is 20.0. The van der Waals surface area contributed by atoms with Crippen LogP contribution in [0.5, 0.6) is 0 Å². The maximum Gasteiger partial charge on any atom is 0.193 e. The number of hydrogen-bond acceptors (Lipinski definition) is 0. The molecule has 260 valence electrons. The summed E-state index contributed by atoms with van der Waals surface area (Å²) in [6.07, 6.45) is 4.65. The summed E-state index contributed by atoms with van der Waals surface area (Å²) in [4.78, 5) is 0. The third kappa shape index (κ3) is 5.49. The van der Waals surface area contributed by atoms with Crippen LogP contribution in [0.15, 0.2) is 127 Å². The fourth-order valence-electron chi connectivity index (χ4n) is 10.5. The molecule has 57 heavy (non-hydrogen) atoms. The van der Waals surface area contributed by atoms with Gasteiger partial charge in [-0.1, -0.05) is 130 Å². The molecule has 1 aliphatic carbocycles. The Morgan fingerprint density at radius 3 is 1.35 bits per heavy atom. The third-order valence-electron chi connectivity index (χ3n) is 14.1. The number of rotatable bonds is 4. The van der Waals surface area contributed by atoms with Gasteiger partial charge in [0.15, 0.2) is 7.28 Å². The van der Waals surface area contributed by atoms with E-state index in [4.69, 9.17) is 0 Å². The number of benzene rings is 8. The average Bonchev–Trinajstić information content (AvgIpc) is 3.62. The Morgan fingerprint density at radius 2 is 0.842 bits per heavy atom. The smallest absolute Gasteiger partial charge is 0.101 e. The highest BCUT2D eigenvalue weighted by Crippen LogP contribution is 2.47. The normalized spacial score (nSPS) is 13.5. The summed E-state index contributed by atoms with van der Waals surface area (Å²) < 4.78 is 0. The van der Waals surface area contributed by atoms with Crippen molar-refractivity contribution < 1.29 is 0 Å². The average molecular weight is 715 g/mol. The zero-order valence-electron chi connectivity index (χ0n) is 34.7. The van der Waals surface area contributed by atoms with Gasteiger partial charge in [-0.25, -0.2) is 0 Å². The van der Waals surface area contributed by atoms with Crippen LogP contribution in [0.2, 0.25) is 0 Å². The van der Waals surface area contributed by atoms with Gasteiger partial charge in [0.2, 0.25) is 0 Å². The van der Waals surface area contributed by atoms with Crippen LogP contribution in [0, 0.1) is 0 Å². The van der Waals surface area contributed by atoms with Crippen LogP contribution in [0.4, 0.5) is 0 Å². The molecule has 0 amide bonds. The summed E-state index contributed by atoms with van der Waals surface area (Å²) in [5.74, 6) is 0. The van der Waals surface area contributed by atoms with Crippen LogP contribution in [-0.4, -0.2) is 70.0 Å². The Balaban J connectivity index is 1.43. The van der Waals surface area contributed by atoms with Gasteiger partial charge in [-0.05, 0) is 125 Å². The number of allylic oxidation sites excluding steroid dienone is 4. The molecule has 0 bridgehead atoms. The van der Waals surface area contributed by atoms with Crippen molar-refractivity contribution in [2.24, 2.45) is 0 Å². The molecule has 0 aromatic heterocycles. The predicted molar refractivity (Wildman–Crippen MR) is 278 cm³/mol. The Bertz CT molecular complexity index is 2970. The van der Waals surface area contributed by atoms with E-state index in [1.807, 2.05) is 0 Å². The summed E-state index contributed by atoms with van der Waals surface area (Å²) in [6.45, 7) is 0. The zero-order chi connectivity index (χ0) is 39.3. The minimum atomic E-state index is 1.01. The van der Waals surface area contributed by atoms with Crippen molar-refractivity contribution in [1.82, 2.24) is 0 Å². The Hall–Kier alpha value is -5.40. The highest BCUT2D eigenvalue weighted by atomic mass is 14.3. The number of hydrogen-bond donors (Lipinski definition) is 0. The van der Waals surface area contributed by atoms with E-state index in [0.29, 0.717) is 0 Å². The predicted octanol–water partition coefficient (Wildman–Crippen LogP) is -2.12. The molecular weight excluding hydrogens is 674 g/mol. The highest BCUT2D eigenvalue weighted by Gasteiger charge is 2.32. The van der Waals surface area contributed by atoms with Gasteiger partial charge < -0.3 is 0 Å². The van der Waals surface area contributed by atoms with Gasteiger partial charge in [0, 0.05) is 0 Å². The summed E-state index contributed by atoms with van der Waals surface area (Å²) >= 11 is 0. The van der Waals surface area contributed by atoms with Gasteiger partial charge in [0.25, 0.3) is 0 Å². The van der Waals surface area contributed by atoms with E-state index in [0.717, 1.165) is 20.1 Å².